The van der Waals surface area contributed by atoms with E-state index in [1.807, 2.05) is 17.0 Å². The lowest BCUT2D eigenvalue weighted by Crippen LogP contribution is -2.35. The van der Waals surface area contributed by atoms with Gasteiger partial charge in [0.1, 0.15) is 11.5 Å². The Morgan fingerprint density at radius 1 is 1.18 bits per heavy atom. The van der Waals surface area contributed by atoms with E-state index in [-0.39, 0.29) is 17.9 Å². The molecule has 2 aromatic carbocycles. The van der Waals surface area contributed by atoms with E-state index >= 15 is 0 Å². The molecule has 1 saturated heterocycles. The number of amides is 2. The number of anilines is 1. The number of ether oxygens (including phenoxy) is 1. The zero-order valence-electron chi connectivity index (χ0n) is 16.6. The number of nitrogens with two attached hydrogens (primary N) is 1. The third-order valence-corrected chi connectivity index (χ3v) is 5.06. The zero-order valence-corrected chi connectivity index (χ0v) is 16.6. The van der Waals surface area contributed by atoms with Gasteiger partial charge in [0.25, 0.3) is 5.91 Å². The molecule has 1 atom stereocenters. The predicted octanol–water partition coefficient (Wildman–Crippen LogP) is 3.32. The lowest BCUT2D eigenvalue weighted by atomic mass is 10.0. The molecule has 1 fully saturated rings. The third-order valence-electron chi connectivity index (χ3n) is 5.06. The normalized spacial score (nSPS) is 16.1. The fraction of sp³-hybridized carbons (Fsp3) is 0.364. The Hall–Kier alpha value is -3.02. The second kappa shape index (κ2) is 8.33. The summed E-state index contributed by atoms with van der Waals surface area (Å²) in [5, 5.41) is 0. The van der Waals surface area contributed by atoms with Crippen molar-refractivity contribution in [1.29, 1.82) is 0 Å². The maximum absolute atomic E-state index is 12.0. The van der Waals surface area contributed by atoms with Crippen LogP contribution in [0.25, 0.3) is 0 Å². The smallest absolute Gasteiger partial charge is 0.253 e. The summed E-state index contributed by atoms with van der Waals surface area (Å²) in [5.41, 5.74) is 8.25. The summed E-state index contributed by atoms with van der Waals surface area (Å²) < 4.78 is 6.08. The van der Waals surface area contributed by atoms with Crippen LogP contribution < -0.4 is 10.5 Å². The van der Waals surface area contributed by atoms with E-state index in [2.05, 4.69) is 0 Å². The number of nitrogen functional groups attached to an aromatic ring is 1. The molecule has 1 aliphatic heterocycles. The Labute approximate surface area is 165 Å². The molecule has 0 saturated carbocycles. The van der Waals surface area contributed by atoms with Crippen molar-refractivity contribution < 1.29 is 14.3 Å². The average Bonchev–Trinajstić information content (AvgIpc) is 3.12. The zero-order chi connectivity index (χ0) is 20.3. The number of hydrogen-bond acceptors (Lipinski definition) is 4. The molecular weight excluding hydrogens is 354 g/mol. The van der Waals surface area contributed by atoms with Crippen molar-refractivity contribution in [3.8, 4) is 11.5 Å². The molecule has 0 aliphatic carbocycles. The van der Waals surface area contributed by atoms with Crippen LogP contribution in [0.5, 0.6) is 11.5 Å². The lowest BCUT2D eigenvalue weighted by Gasteiger charge is -2.24. The van der Waals surface area contributed by atoms with Crippen LogP contribution in [-0.4, -0.2) is 48.3 Å². The molecule has 0 aromatic heterocycles. The van der Waals surface area contributed by atoms with Gasteiger partial charge in [-0.1, -0.05) is 0 Å². The molecule has 2 amide bonds. The molecule has 2 N–H and O–H groups in total. The Bertz CT molecular complexity index is 862. The first-order chi connectivity index (χ1) is 13.3. The largest absolute Gasteiger partial charge is 0.457 e. The minimum atomic E-state index is -0.0507. The fourth-order valence-corrected chi connectivity index (χ4v) is 3.63. The van der Waals surface area contributed by atoms with E-state index in [1.54, 1.807) is 51.4 Å². The molecule has 6 nitrogen and oxygen atoms in total. The highest BCUT2D eigenvalue weighted by Gasteiger charge is 2.27. The Morgan fingerprint density at radius 3 is 2.54 bits per heavy atom. The van der Waals surface area contributed by atoms with Crippen molar-refractivity contribution in [2.75, 3.05) is 26.4 Å². The van der Waals surface area contributed by atoms with Crippen molar-refractivity contribution >= 4 is 17.5 Å². The highest BCUT2D eigenvalue weighted by Crippen LogP contribution is 2.31. The van der Waals surface area contributed by atoms with Crippen LogP contribution in [0, 0.1) is 0 Å². The fourth-order valence-electron chi connectivity index (χ4n) is 3.63. The van der Waals surface area contributed by atoms with Gasteiger partial charge in [-0.05, 0) is 67.3 Å². The molecular formula is C22H27N3O3. The molecule has 3 rings (SSSR count). The summed E-state index contributed by atoms with van der Waals surface area (Å²) in [6.45, 7) is 2.42. The van der Waals surface area contributed by atoms with E-state index < -0.39 is 0 Å². The van der Waals surface area contributed by atoms with Crippen LogP contribution in [0.4, 0.5) is 5.69 Å². The molecule has 0 bridgehead atoms. The quantitative estimate of drug-likeness (QED) is 0.806. The van der Waals surface area contributed by atoms with E-state index in [4.69, 9.17) is 10.5 Å². The summed E-state index contributed by atoms with van der Waals surface area (Å²) >= 11 is 0. The number of rotatable bonds is 5. The van der Waals surface area contributed by atoms with E-state index in [9.17, 15) is 9.59 Å². The van der Waals surface area contributed by atoms with Crippen LogP contribution in [-0.2, 0) is 11.2 Å². The van der Waals surface area contributed by atoms with Gasteiger partial charge < -0.3 is 20.3 Å². The molecule has 0 spiro atoms. The van der Waals surface area contributed by atoms with Gasteiger partial charge in [-0.3, -0.25) is 9.59 Å². The van der Waals surface area contributed by atoms with Gasteiger partial charge in [-0.25, -0.2) is 0 Å². The molecule has 1 unspecified atom stereocenters. The van der Waals surface area contributed by atoms with Gasteiger partial charge in [-0.2, -0.15) is 0 Å². The van der Waals surface area contributed by atoms with Gasteiger partial charge >= 0.3 is 0 Å². The van der Waals surface area contributed by atoms with Crippen LogP contribution in [0.2, 0.25) is 0 Å². The van der Waals surface area contributed by atoms with Crippen LogP contribution in [0.1, 0.15) is 35.7 Å². The van der Waals surface area contributed by atoms with Gasteiger partial charge in [-0.15, -0.1) is 0 Å². The van der Waals surface area contributed by atoms with E-state index in [0.29, 0.717) is 23.4 Å². The lowest BCUT2D eigenvalue weighted by molar-refractivity contribution is -0.129. The van der Waals surface area contributed by atoms with Crippen LogP contribution in [0.3, 0.4) is 0 Å². The minimum Gasteiger partial charge on any atom is -0.457 e. The molecule has 2 aromatic rings. The van der Waals surface area contributed by atoms with Crippen molar-refractivity contribution in [3.63, 3.8) is 0 Å². The van der Waals surface area contributed by atoms with Crippen molar-refractivity contribution in [2.45, 2.75) is 32.2 Å². The Balaban J connectivity index is 1.79. The highest BCUT2D eigenvalue weighted by molar-refractivity contribution is 5.93. The SMILES string of the molecule is CC(=O)N1CCCC1Cc1cc(N)ccc1Oc1ccc(C(=O)N(C)C)cc1. The highest BCUT2D eigenvalue weighted by atomic mass is 16.5. The summed E-state index contributed by atoms with van der Waals surface area (Å²) in [6, 6.07) is 12.8. The monoisotopic (exact) mass is 381 g/mol. The second-order valence-electron chi connectivity index (χ2n) is 7.41. The molecule has 1 aliphatic rings. The Morgan fingerprint density at radius 2 is 1.89 bits per heavy atom. The number of likely N-dealkylation sites (tertiary alicyclic amines) is 1. The number of nitrogens with zero attached hydrogens (tertiary/aromatic N) is 2. The van der Waals surface area contributed by atoms with Crippen molar-refractivity contribution in [1.82, 2.24) is 9.80 Å². The van der Waals surface area contributed by atoms with Crippen molar-refractivity contribution in [3.05, 3.63) is 53.6 Å². The number of hydrogen-bond donors (Lipinski definition) is 1. The maximum Gasteiger partial charge on any atom is 0.253 e. The minimum absolute atomic E-state index is 0.0507. The summed E-state index contributed by atoms with van der Waals surface area (Å²) in [7, 11) is 3.45. The molecule has 148 valence electrons. The summed E-state index contributed by atoms with van der Waals surface area (Å²) in [6.07, 6.45) is 2.70. The average molecular weight is 381 g/mol. The predicted molar refractivity (Wildman–Crippen MR) is 110 cm³/mol. The molecule has 1 heterocycles. The third kappa shape index (κ3) is 4.44. The van der Waals surface area contributed by atoms with Gasteiger partial charge in [0.2, 0.25) is 5.91 Å². The first-order valence-electron chi connectivity index (χ1n) is 9.50. The Kier molecular flexibility index (Phi) is 5.87. The number of benzene rings is 2. The first-order valence-corrected chi connectivity index (χ1v) is 9.50. The second-order valence-corrected chi connectivity index (χ2v) is 7.41. The number of carbonyl (C=O) groups excluding carboxylic acids is 2. The number of carbonyl (C=O) groups is 2. The topological polar surface area (TPSA) is 75.9 Å². The molecule has 0 radical (unpaired) electrons. The maximum atomic E-state index is 12.0. The van der Waals surface area contributed by atoms with Crippen LogP contribution in [0.15, 0.2) is 42.5 Å². The van der Waals surface area contributed by atoms with E-state index in [1.165, 1.54) is 4.90 Å². The summed E-state index contributed by atoms with van der Waals surface area (Å²) in [5.74, 6) is 1.42. The molecule has 6 heteroatoms. The summed E-state index contributed by atoms with van der Waals surface area (Å²) in [4.78, 5) is 27.4. The van der Waals surface area contributed by atoms with Gasteiger partial charge in [0.15, 0.2) is 0 Å². The van der Waals surface area contributed by atoms with E-state index in [0.717, 1.165) is 30.7 Å². The molecule has 28 heavy (non-hydrogen) atoms. The standard InChI is InChI=1S/C22H27N3O3/c1-15(26)25-12-4-5-19(25)14-17-13-18(23)8-11-21(17)28-20-9-6-16(7-10-20)22(27)24(2)3/h6-11,13,19H,4-5,12,14,23H2,1-3H3. The van der Waals surface area contributed by atoms with Crippen LogP contribution >= 0.6 is 0 Å². The first kappa shape index (κ1) is 19.7. The van der Waals surface area contributed by atoms with Gasteiger partial charge in [0.05, 0.1) is 0 Å². The van der Waals surface area contributed by atoms with Crippen molar-refractivity contribution in [2.24, 2.45) is 0 Å². The van der Waals surface area contributed by atoms with Gasteiger partial charge in [0, 0.05) is 44.9 Å².